The third-order valence-corrected chi connectivity index (χ3v) is 1.51. The Labute approximate surface area is 50.7 Å². The molecule has 1 aliphatic rings. The molecule has 1 rings (SSSR count). The van der Waals surface area contributed by atoms with Crippen LogP contribution in [0.15, 0.2) is 0 Å². The van der Waals surface area contributed by atoms with Crippen LogP contribution in [0.1, 0.15) is 12.8 Å². The molecular weight excluding hydrogens is 98.1 g/mol. The number of terminal acetylenes is 1. The zero-order valence-corrected chi connectivity index (χ0v) is 5.06. The van der Waals surface area contributed by atoms with Crippen LogP contribution in [0.5, 0.6) is 0 Å². The second-order valence-electron chi connectivity index (χ2n) is 2.19. The monoisotopic (exact) mass is 109 g/mol. The largest absolute Gasteiger partial charge is 0.292 e. The van der Waals surface area contributed by atoms with E-state index in [1.165, 1.54) is 25.9 Å². The van der Waals surface area contributed by atoms with E-state index >= 15 is 0 Å². The summed E-state index contributed by atoms with van der Waals surface area (Å²) in [5.74, 6) is 2.64. The molecule has 0 radical (unpaired) electrons. The number of hydrogen-bond acceptors (Lipinski definition) is 1. The van der Waals surface area contributed by atoms with Crippen molar-refractivity contribution in [3.63, 3.8) is 0 Å². The summed E-state index contributed by atoms with van der Waals surface area (Å²) in [4.78, 5) is 2.31. The van der Waals surface area contributed by atoms with Gasteiger partial charge in [-0.05, 0) is 25.9 Å². The van der Waals surface area contributed by atoms with Gasteiger partial charge in [0.15, 0.2) is 0 Å². The van der Waals surface area contributed by atoms with Gasteiger partial charge in [-0.1, -0.05) is 5.92 Å². The summed E-state index contributed by atoms with van der Waals surface area (Å²) in [5, 5.41) is 0. The van der Waals surface area contributed by atoms with E-state index in [9.17, 15) is 0 Å². The molecule has 0 atom stereocenters. The van der Waals surface area contributed by atoms with Gasteiger partial charge in [0, 0.05) is 0 Å². The SMILES string of the molecule is C#CCN1CCCC1. The fourth-order valence-corrected chi connectivity index (χ4v) is 1.07. The molecule has 0 N–H and O–H groups in total. The van der Waals surface area contributed by atoms with Gasteiger partial charge in [0.05, 0.1) is 6.54 Å². The summed E-state index contributed by atoms with van der Waals surface area (Å²) in [7, 11) is 0. The molecule has 0 amide bonds. The second kappa shape index (κ2) is 2.74. The standard InChI is InChI=1S/C7H11N/c1-2-5-8-6-3-4-7-8/h1H,3-7H2. The number of likely N-dealkylation sites (tertiary alicyclic amines) is 1. The van der Waals surface area contributed by atoms with Crippen molar-refractivity contribution in [2.75, 3.05) is 19.6 Å². The van der Waals surface area contributed by atoms with Crippen molar-refractivity contribution in [3.05, 3.63) is 0 Å². The summed E-state index contributed by atoms with van der Waals surface area (Å²) in [6.07, 6.45) is 7.79. The first-order chi connectivity index (χ1) is 3.93. The van der Waals surface area contributed by atoms with Gasteiger partial charge in [-0.3, -0.25) is 4.90 Å². The Morgan fingerprint density at radius 3 is 2.50 bits per heavy atom. The highest BCUT2D eigenvalue weighted by Gasteiger charge is 2.08. The van der Waals surface area contributed by atoms with Gasteiger partial charge >= 0.3 is 0 Å². The van der Waals surface area contributed by atoms with E-state index in [2.05, 4.69) is 10.8 Å². The Morgan fingerprint density at radius 2 is 2.00 bits per heavy atom. The summed E-state index contributed by atoms with van der Waals surface area (Å²) >= 11 is 0. The lowest BCUT2D eigenvalue weighted by atomic mass is 10.4. The Morgan fingerprint density at radius 1 is 1.38 bits per heavy atom. The summed E-state index contributed by atoms with van der Waals surface area (Å²) in [6.45, 7) is 3.27. The quantitative estimate of drug-likeness (QED) is 0.448. The fourth-order valence-electron chi connectivity index (χ4n) is 1.07. The third-order valence-electron chi connectivity index (χ3n) is 1.51. The molecule has 44 valence electrons. The van der Waals surface area contributed by atoms with Crippen LogP contribution in [0.25, 0.3) is 0 Å². The van der Waals surface area contributed by atoms with Crippen molar-refractivity contribution < 1.29 is 0 Å². The van der Waals surface area contributed by atoms with Crippen LogP contribution in [-0.2, 0) is 0 Å². The molecule has 0 bridgehead atoms. The first kappa shape index (κ1) is 5.65. The summed E-state index contributed by atoms with van der Waals surface area (Å²) in [6, 6.07) is 0. The third kappa shape index (κ3) is 1.24. The lowest BCUT2D eigenvalue weighted by Gasteiger charge is -2.07. The van der Waals surface area contributed by atoms with Crippen molar-refractivity contribution in [3.8, 4) is 12.3 Å². The molecule has 0 saturated carbocycles. The van der Waals surface area contributed by atoms with Crippen LogP contribution in [0.3, 0.4) is 0 Å². The van der Waals surface area contributed by atoms with Gasteiger partial charge in [-0.15, -0.1) is 6.42 Å². The molecule has 1 saturated heterocycles. The molecule has 0 aromatic carbocycles. The molecule has 0 spiro atoms. The van der Waals surface area contributed by atoms with Crippen LogP contribution < -0.4 is 0 Å². The molecule has 0 unspecified atom stereocenters. The minimum absolute atomic E-state index is 0.847. The highest BCUT2D eigenvalue weighted by molar-refractivity contribution is 4.89. The molecule has 1 nitrogen and oxygen atoms in total. The van der Waals surface area contributed by atoms with Crippen molar-refractivity contribution in [1.82, 2.24) is 4.90 Å². The lowest BCUT2D eigenvalue weighted by Crippen LogP contribution is -2.18. The van der Waals surface area contributed by atoms with Crippen molar-refractivity contribution in [2.45, 2.75) is 12.8 Å². The molecular formula is C7H11N. The van der Waals surface area contributed by atoms with E-state index in [1.807, 2.05) is 0 Å². The van der Waals surface area contributed by atoms with Crippen LogP contribution in [0, 0.1) is 12.3 Å². The Bertz CT molecular complexity index is 95.4. The number of nitrogens with zero attached hydrogens (tertiary/aromatic N) is 1. The Hall–Kier alpha value is -0.480. The lowest BCUT2D eigenvalue weighted by molar-refractivity contribution is 0.383. The predicted molar refractivity (Wildman–Crippen MR) is 34.5 cm³/mol. The van der Waals surface area contributed by atoms with E-state index in [0.29, 0.717) is 0 Å². The highest BCUT2D eigenvalue weighted by Crippen LogP contribution is 2.04. The number of hydrogen-bond donors (Lipinski definition) is 0. The maximum absolute atomic E-state index is 5.12. The molecule has 0 aromatic heterocycles. The van der Waals surface area contributed by atoms with Crippen molar-refractivity contribution in [2.24, 2.45) is 0 Å². The zero-order valence-electron chi connectivity index (χ0n) is 5.06. The first-order valence-electron chi connectivity index (χ1n) is 3.09. The van der Waals surface area contributed by atoms with Crippen LogP contribution >= 0.6 is 0 Å². The van der Waals surface area contributed by atoms with E-state index in [0.717, 1.165) is 6.54 Å². The molecule has 0 aromatic rings. The fraction of sp³-hybridized carbons (Fsp3) is 0.714. The average Bonchev–Trinajstić information content (AvgIpc) is 2.19. The van der Waals surface area contributed by atoms with Crippen LogP contribution in [0.2, 0.25) is 0 Å². The molecule has 8 heavy (non-hydrogen) atoms. The zero-order chi connectivity index (χ0) is 5.82. The van der Waals surface area contributed by atoms with Gasteiger partial charge in [0.1, 0.15) is 0 Å². The summed E-state index contributed by atoms with van der Waals surface area (Å²) in [5.41, 5.74) is 0. The molecule has 1 aliphatic heterocycles. The molecule has 1 fully saturated rings. The second-order valence-corrected chi connectivity index (χ2v) is 2.19. The topological polar surface area (TPSA) is 3.24 Å². The van der Waals surface area contributed by atoms with Crippen LogP contribution in [-0.4, -0.2) is 24.5 Å². The smallest absolute Gasteiger partial charge is 0.0598 e. The van der Waals surface area contributed by atoms with Gasteiger partial charge in [-0.25, -0.2) is 0 Å². The molecule has 1 heteroatoms. The van der Waals surface area contributed by atoms with Gasteiger partial charge in [0.2, 0.25) is 0 Å². The maximum Gasteiger partial charge on any atom is 0.0598 e. The normalized spacial score (nSPS) is 20.9. The highest BCUT2D eigenvalue weighted by atomic mass is 15.1. The van der Waals surface area contributed by atoms with E-state index in [1.54, 1.807) is 0 Å². The first-order valence-corrected chi connectivity index (χ1v) is 3.09. The van der Waals surface area contributed by atoms with Crippen LogP contribution in [0.4, 0.5) is 0 Å². The number of rotatable bonds is 1. The van der Waals surface area contributed by atoms with Gasteiger partial charge in [0.25, 0.3) is 0 Å². The van der Waals surface area contributed by atoms with Crippen molar-refractivity contribution >= 4 is 0 Å². The van der Waals surface area contributed by atoms with Gasteiger partial charge < -0.3 is 0 Å². The molecule has 0 aliphatic carbocycles. The van der Waals surface area contributed by atoms with E-state index in [4.69, 9.17) is 6.42 Å². The van der Waals surface area contributed by atoms with E-state index < -0.39 is 0 Å². The Balaban J connectivity index is 2.17. The predicted octanol–water partition coefficient (Wildman–Crippen LogP) is 0.715. The Kier molecular flexibility index (Phi) is 1.93. The van der Waals surface area contributed by atoms with Gasteiger partial charge in [-0.2, -0.15) is 0 Å². The van der Waals surface area contributed by atoms with E-state index in [-0.39, 0.29) is 0 Å². The minimum atomic E-state index is 0.847. The average molecular weight is 109 g/mol. The minimum Gasteiger partial charge on any atom is -0.292 e. The van der Waals surface area contributed by atoms with Crippen molar-refractivity contribution in [1.29, 1.82) is 0 Å². The summed E-state index contributed by atoms with van der Waals surface area (Å²) < 4.78 is 0. The molecule has 1 heterocycles. The maximum atomic E-state index is 5.12.